The summed E-state index contributed by atoms with van der Waals surface area (Å²) in [5.41, 5.74) is 3.07. The number of aromatic nitrogens is 2. The van der Waals surface area contributed by atoms with Crippen molar-refractivity contribution in [3.8, 4) is 0 Å². The quantitative estimate of drug-likeness (QED) is 0.492. The van der Waals surface area contributed by atoms with Crippen molar-refractivity contribution >= 4 is 16.7 Å². The highest BCUT2D eigenvalue weighted by Crippen LogP contribution is 2.36. The highest BCUT2D eigenvalue weighted by Gasteiger charge is 2.32. The largest absolute Gasteiger partial charge is 0.417 e. The Morgan fingerprint density at radius 3 is 2.58 bits per heavy atom. The number of pyridine rings is 1. The zero-order chi connectivity index (χ0) is 17.6. The number of nitrogens with zero attached hydrogens (tertiary/aromatic N) is 1. The third-order valence-corrected chi connectivity index (χ3v) is 3.61. The van der Waals surface area contributed by atoms with Gasteiger partial charge in [-0.2, -0.15) is 13.2 Å². The molecule has 126 valence electrons. The Hall–Kier alpha value is -2.68. The lowest BCUT2D eigenvalue weighted by molar-refractivity contribution is -0.137. The van der Waals surface area contributed by atoms with E-state index in [9.17, 15) is 27.1 Å². The summed E-state index contributed by atoms with van der Waals surface area (Å²) in [6, 6.07) is 2.60. The van der Waals surface area contributed by atoms with Crippen LogP contribution in [0.4, 0.5) is 27.6 Å². The molecule has 1 unspecified atom stereocenters. The molecule has 4 N–H and O–H groups in total. The fraction of sp³-hybridized carbons (Fsp3) is 0.133. The molecular formula is C15H10F5N3O. The van der Waals surface area contributed by atoms with Crippen LogP contribution in [0.3, 0.4) is 0 Å². The first-order chi connectivity index (χ1) is 11.2. The Balaban J connectivity index is 2.18. The van der Waals surface area contributed by atoms with Gasteiger partial charge in [-0.1, -0.05) is 0 Å². The SMILES string of the molecule is Nc1ccc(F)c(C(O)c2c[nH]c3ncc(C(F)(F)F)cc23)c1F. The van der Waals surface area contributed by atoms with Crippen LogP contribution in [0.25, 0.3) is 11.0 Å². The van der Waals surface area contributed by atoms with Crippen LogP contribution in [0.2, 0.25) is 0 Å². The smallest absolute Gasteiger partial charge is 0.396 e. The van der Waals surface area contributed by atoms with Gasteiger partial charge in [-0.3, -0.25) is 0 Å². The summed E-state index contributed by atoms with van der Waals surface area (Å²) in [5, 5.41) is 10.2. The molecule has 0 saturated heterocycles. The topological polar surface area (TPSA) is 74.9 Å². The Morgan fingerprint density at radius 1 is 1.21 bits per heavy atom. The van der Waals surface area contributed by atoms with E-state index in [0.29, 0.717) is 6.20 Å². The standard InChI is InChI=1S/C15H10F5N3O/c16-9-1-2-10(21)12(17)11(9)13(24)8-5-23-14-7(8)3-6(4-22-14)15(18,19)20/h1-5,13,24H,21H2,(H,22,23). The van der Waals surface area contributed by atoms with Crippen LogP contribution in [0.15, 0.2) is 30.6 Å². The number of aromatic amines is 1. The third-order valence-electron chi connectivity index (χ3n) is 3.61. The van der Waals surface area contributed by atoms with Crippen molar-refractivity contribution in [3.63, 3.8) is 0 Å². The number of aliphatic hydroxyl groups is 1. The number of fused-ring (bicyclic) bond motifs is 1. The maximum absolute atomic E-state index is 14.0. The number of rotatable bonds is 2. The summed E-state index contributed by atoms with van der Waals surface area (Å²) in [4.78, 5) is 6.16. The van der Waals surface area contributed by atoms with E-state index in [2.05, 4.69) is 9.97 Å². The van der Waals surface area contributed by atoms with Gasteiger partial charge in [0.25, 0.3) is 0 Å². The van der Waals surface area contributed by atoms with Gasteiger partial charge in [-0.05, 0) is 18.2 Å². The van der Waals surface area contributed by atoms with Crippen LogP contribution in [0.5, 0.6) is 0 Å². The van der Waals surface area contributed by atoms with Gasteiger partial charge in [-0.25, -0.2) is 13.8 Å². The van der Waals surface area contributed by atoms with Crippen molar-refractivity contribution in [1.82, 2.24) is 9.97 Å². The molecule has 4 nitrogen and oxygen atoms in total. The average Bonchev–Trinajstić information content (AvgIpc) is 2.93. The maximum Gasteiger partial charge on any atom is 0.417 e. The molecule has 3 rings (SSSR count). The van der Waals surface area contributed by atoms with Crippen LogP contribution in [0.1, 0.15) is 22.8 Å². The second-order valence-corrected chi connectivity index (χ2v) is 5.13. The molecule has 24 heavy (non-hydrogen) atoms. The van der Waals surface area contributed by atoms with E-state index in [0.717, 1.165) is 24.4 Å². The first kappa shape index (κ1) is 16.2. The van der Waals surface area contributed by atoms with Crippen molar-refractivity contribution < 1.29 is 27.1 Å². The van der Waals surface area contributed by atoms with Crippen molar-refractivity contribution in [1.29, 1.82) is 0 Å². The van der Waals surface area contributed by atoms with Gasteiger partial charge in [0.1, 0.15) is 17.6 Å². The van der Waals surface area contributed by atoms with Gasteiger partial charge in [0.15, 0.2) is 5.82 Å². The molecule has 0 aliphatic rings. The summed E-state index contributed by atoms with van der Waals surface area (Å²) in [7, 11) is 0. The summed E-state index contributed by atoms with van der Waals surface area (Å²) in [6.07, 6.45) is -4.73. The highest BCUT2D eigenvalue weighted by molar-refractivity contribution is 5.81. The number of nitrogen functional groups attached to an aromatic ring is 1. The molecule has 0 saturated carbocycles. The van der Waals surface area contributed by atoms with E-state index in [1.807, 2.05) is 0 Å². The summed E-state index contributed by atoms with van der Waals surface area (Å²) >= 11 is 0. The molecule has 0 aliphatic heterocycles. The third kappa shape index (κ3) is 2.56. The van der Waals surface area contributed by atoms with Crippen molar-refractivity contribution in [2.75, 3.05) is 5.73 Å². The van der Waals surface area contributed by atoms with Crippen molar-refractivity contribution in [2.24, 2.45) is 0 Å². The summed E-state index contributed by atoms with van der Waals surface area (Å²) in [6.45, 7) is 0. The van der Waals surface area contributed by atoms with E-state index in [1.54, 1.807) is 0 Å². The van der Waals surface area contributed by atoms with Gasteiger partial charge < -0.3 is 15.8 Å². The predicted octanol–water partition coefficient (Wildman–Crippen LogP) is 3.52. The van der Waals surface area contributed by atoms with E-state index in [4.69, 9.17) is 5.73 Å². The molecule has 0 spiro atoms. The number of nitrogens with two attached hydrogens (primary N) is 1. The Labute approximate surface area is 131 Å². The molecule has 1 aromatic carbocycles. The Morgan fingerprint density at radius 2 is 1.92 bits per heavy atom. The van der Waals surface area contributed by atoms with Crippen LogP contribution >= 0.6 is 0 Å². The molecule has 0 fully saturated rings. The lowest BCUT2D eigenvalue weighted by Crippen LogP contribution is -2.08. The van der Waals surface area contributed by atoms with Crippen molar-refractivity contribution in [2.45, 2.75) is 12.3 Å². The van der Waals surface area contributed by atoms with Gasteiger partial charge in [0.2, 0.25) is 0 Å². The Kier molecular flexibility index (Phi) is 3.67. The normalized spacial score (nSPS) is 13.4. The number of halogens is 5. The minimum absolute atomic E-state index is 0.0433. The summed E-state index contributed by atoms with van der Waals surface area (Å²) < 4.78 is 66.4. The summed E-state index contributed by atoms with van der Waals surface area (Å²) in [5.74, 6) is -2.24. The molecule has 9 heteroatoms. The second kappa shape index (κ2) is 5.45. The van der Waals surface area contributed by atoms with Gasteiger partial charge in [0, 0.05) is 23.3 Å². The number of aliphatic hydroxyl groups excluding tert-OH is 1. The predicted molar refractivity (Wildman–Crippen MR) is 75.9 cm³/mol. The monoisotopic (exact) mass is 343 g/mol. The zero-order valence-electron chi connectivity index (χ0n) is 11.8. The number of anilines is 1. The molecule has 3 aromatic rings. The fourth-order valence-electron chi connectivity index (χ4n) is 2.40. The maximum atomic E-state index is 14.0. The number of alkyl halides is 3. The Bertz CT molecular complexity index is 919. The highest BCUT2D eigenvalue weighted by atomic mass is 19.4. The van der Waals surface area contributed by atoms with Crippen LogP contribution < -0.4 is 5.73 Å². The zero-order valence-corrected chi connectivity index (χ0v) is 11.8. The lowest BCUT2D eigenvalue weighted by Gasteiger charge is -2.14. The first-order valence-corrected chi connectivity index (χ1v) is 6.66. The number of benzene rings is 1. The molecule has 2 aromatic heterocycles. The molecule has 0 aliphatic carbocycles. The molecule has 0 radical (unpaired) electrons. The van der Waals surface area contributed by atoms with Crippen LogP contribution in [-0.2, 0) is 6.18 Å². The number of hydrogen-bond donors (Lipinski definition) is 3. The first-order valence-electron chi connectivity index (χ1n) is 6.66. The molecular weight excluding hydrogens is 333 g/mol. The molecule has 1 atom stereocenters. The van der Waals surface area contributed by atoms with Gasteiger partial charge in [0.05, 0.1) is 16.8 Å². The average molecular weight is 343 g/mol. The minimum Gasteiger partial charge on any atom is -0.396 e. The molecule has 0 bridgehead atoms. The van der Waals surface area contributed by atoms with E-state index < -0.39 is 35.0 Å². The van der Waals surface area contributed by atoms with E-state index in [-0.39, 0.29) is 22.3 Å². The number of hydrogen-bond acceptors (Lipinski definition) is 3. The van der Waals surface area contributed by atoms with Crippen LogP contribution in [0, 0.1) is 11.6 Å². The van der Waals surface area contributed by atoms with Gasteiger partial charge in [-0.15, -0.1) is 0 Å². The van der Waals surface area contributed by atoms with Gasteiger partial charge >= 0.3 is 6.18 Å². The van der Waals surface area contributed by atoms with E-state index in [1.165, 1.54) is 0 Å². The number of H-pyrrole nitrogens is 1. The molecule has 2 heterocycles. The fourth-order valence-corrected chi connectivity index (χ4v) is 2.40. The van der Waals surface area contributed by atoms with E-state index >= 15 is 0 Å². The minimum atomic E-state index is -4.64. The lowest BCUT2D eigenvalue weighted by atomic mass is 9.99. The van der Waals surface area contributed by atoms with Crippen LogP contribution in [-0.4, -0.2) is 15.1 Å². The second-order valence-electron chi connectivity index (χ2n) is 5.13. The number of nitrogens with one attached hydrogen (secondary N) is 1. The molecule has 0 amide bonds. The van der Waals surface area contributed by atoms with Crippen molar-refractivity contribution in [3.05, 3.63) is 58.9 Å².